The number of hydrogen-bond acceptors (Lipinski definition) is 0. The van der Waals surface area contributed by atoms with Gasteiger partial charge in [-0.25, -0.2) is 0 Å². The molecule has 5 aromatic rings. The SMILES string of the molecule is Clc1ccc(Cl)c(-c2c3ccccc3c(-c3ccccc3)c3ccccc23)c1. The fourth-order valence-electron chi connectivity index (χ4n) is 4.02. The van der Waals surface area contributed by atoms with Crippen LogP contribution in [0, 0.1) is 0 Å². The van der Waals surface area contributed by atoms with E-state index >= 15 is 0 Å². The Balaban J connectivity index is 2.02. The fourth-order valence-corrected chi connectivity index (χ4v) is 4.41. The third kappa shape index (κ3) is 2.77. The molecule has 134 valence electrons. The van der Waals surface area contributed by atoms with Crippen LogP contribution in [0.3, 0.4) is 0 Å². The van der Waals surface area contributed by atoms with Crippen LogP contribution in [0.15, 0.2) is 97.1 Å². The van der Waals surface area contributed by atoms with Crippen LogP contribution >= 0.6 is 23.2 Å². The number of hydrogen-bond donors (Lipinski definition) is 0. The zero-order valence-corrected chi connectivity index (χ0v) is 16.5. The van der Waals surface area contributed by atoms with Gasteiger partial charge in [0.1, 0.15) is 0 Å². The van der Waals surface area contributed by atoms with Gasteiger partial charge in [-0.2, -0.15) is 0 Å². The van der Waals surface area contributed by atoms with Crippen LogP contribution in [0.5, 0.6) is 0 Å². The summed E-state index contributed by atoms with van der Waals surface area (Å²) in [5.41, 5.74) is 4.53. The highest BCUT2D eigenvalue weighted by atomic mass is 35.5. The minimum absolute atomic E-state index is 0.680. The van der Waals surface area contributed by atoms with Crippen LogP contribution in [-0.2, 0) is 0 Å². The Kier molecular flexibility index (Phi) is 4.31. The second kappa shape index (κ2) is 6.98. The van der Waals surface area contributed by atoms with Gasteiger partial charge in [0.05, 0.1) is 0 Å². The Hall–Kier alpha value is -2.80. The summed E-state index contributed by atoms with van der Waals surface area (Å²) in [6.07, 6.45) is 0. The third-order valence-corrected chi connectivity index (χ3v) is 5.76. The van der Waals surface area contributed by atoms with Crippen molar-refractivity contribution in [2.45, 2.75) is 0 Å². The Morgan fingerprint density at radius 1 is 0.464 bits per heavy atom. The van der Waals surface area contributed by atoms with Gasteiger partial charge in [-0.15, -0.1) is 0 Å². The van der Waals surface area contributed by atoms with E-state index in [9.17, 15) is 0 Å². The van der Waals surface area contributed by atoms with Gasteiger partial charge in [-0.3, -0.25) is 0 Å². The molecule has 0 atom stereocenters. The minimum Gasteiger partial charge on any atom is -0.0843 e. The first kappa shape index (κ1) is 17.3. The molecule has 5 aromatic carbocycles. The molecule has 0 N–H and O–H groups in total. The lowest BCUT2D eigenvalue weighted by Crippen LogP contribution is -1.91. The van der Waals surface area contributed by atoms with Crippen LogP contribution in [0.25, 0.3) is 43.8 Å². The zero-order valence-electron chi connectivity index (χ0n) is 15.0. The van der Waals surface area contributed by atoms with Crippen molar-refractivity contribution in [3.63, 3.8) is 0 Å². The molecule has 0 aliphatic heterocycles. The normalized spacial score (nSPS) is 11.2. The molecule has 0 bridgehead atoms. The molecule has 0 nitrogen and oxygen atoms in total. The number of fused-ring (bicyclic) bond motifs is 2. The Labute approximate surface area is 174 Å². The molecule has 0 saturated heterocycles. The molecule has 28 heavy (non-hydrogen) atoms. The second-order valence-electron chi connectivity index (χ2n) is 6.83. The number of benzene rings is 5. The van der Waals surface area contributed by atoms with Crippen LogP contribution in [0.1, 0.15) is 0 Å². The first-order valence-corrected chi connectivity index (χ1v) is 9.94. The topological polar surface area (TPSA) is 0 Å². The number of halogens is 2. The van der Waals surface area contributed by atoms with Crippen molar-refractivity contribution >= 4 is 44.7 Å². The lowest BCUT2D eigenvalue weighted by Gasteiger charge is -2.18. The van der Waals surface area contributed by atoms with Gasteiger partial charge in [0.15, 0.2) is 0 Å². The highest BCUT2D eigenvalue weighted by molar-refractivity contribution is 6.37. The number of rotatable bonds is 2. The quantitative estimate of drug-likeness (QED) is 0.261. The first-order valence-electron chi connectivity index (χ1n) is 9.18. The molecule has 0 heterocycles. The molecule has 5 rings (SSSR count). The van der Waals surface area contributed by atoms with Crippen molar-refractivity contribution in [1.29, 1.82) is 0 Å². The smallest absolute Gasteiger partial charge is 0.0485 e. The van der Waals surface area contributed by atoms with Crippen molar-refractivity contribution in [1.82, 2.24) is 0 Å². The summed E-state index contributed by atoms with van der Waals surface area (Å²) in [4.78, 5) is 0. The highest BCUT2D eigenvalue weighted by Crippen LogP contribution is 2.45. The largest absolute Gasteiger partial charge is 0.0843 e. The summed E-state index contributed by atoms with van der Waals surface area (Å²) in [6.45, 7) is 0. The molecule has 0 spiro atoms. The maximum atomic E-state index is 6.63. The summed E-state index contributed by atoms with van der Waals surface area (Å²) < 4.78 is 0. The maximum absolute atomic E-state index is 6.63. The van der Waals surface area contributed by atoms with Gasteiger partial charge < -0.3 is 0 Å². The molecule has 0 aliphatic rings. The fraction of sp³-hybridized carbons (Fsp3) is 0. The van der Waals surface area contributed by atoms with Crippen molar-refractivity contribution < 1.29 is 0 Å². The Morgan fingerprint density at radius 2 is 0.964 bits per heavy atom. The van der Waals surface area contributed by atoms with E-state index in [-0.39, 0.29) is 0 Å². The highest BCUT2D eigenvalue weighted by Gasteiger charge is 2.17. The first-order chi connectivity index (χ1) is 13.7. The second-order valence-corrected chi connectivity index (χ2v) is 7.67. The lowest BCUT2D eigenvalue weighted by atomic mass is 9.86. The van der Waals surface area contributed by atoms with E-state index in [0.717, 1.165) is 11.1 Å². The molecule has 0 amide bonds. The average molecular weight is 399 g/mol. The van der Waals surface area contributed by atoms with Crippen LogP contribution in [0.4, 0.5) is 0 Å². The summed E-state index contributed by atoms with van der Waals surface area (Å²) in [5.74, 6) is 0. The average Bonchev–Trinajstić information content (AvgIpc) is 2.74. The molecular formula is C26H16Cl2. The van der Waals surface area contributed by atoms with Crippen LogP contribution in [0.2, 0.25) is 10.0 Å². The molecule has 0 fully saturated rings. The summed E-state index contributed by atoms with van der Waals surface area (Å²) in [7, 11) is 0. The van der Waals surface area contributed by atoms with Gasteiger partial charge in [-0.05, 0) is 56.4 Å². The van der Waals surface area contributed by atoms with E-state index in [0.29, 0.717) is 10.0 Å². The lowest BCUT2D eigenvalue weighted by molar-refractivity contribution is 1.65. The third-order valence-electron chi connectivity index (χ3n) is 5.19. The zero-order chi connectivity index (χ0) is 19.1. The summed E-state index contributed by atoms with van der Waals surface area (Å²) in [6, 6.07) is 33.3. The van der Waals surface area contributed by atoms with Gasteiger partial charge in [0.2, 0.25) is 0 Å². The summed E-state index contributed by atoms with van der Waals surface area (Å²) >= 11 is 13.0. The Morgan fingerprint density at radius 3 is 1.54 bits per heavy atom. The molecule has 0 saturated carbocycles. The predicted octanol–water partition coefficient (Wildman–Crippen LogP) is 8.63. The van der Waals surface area contributed by atoms with E-state index in [2.05, 4.69) is 72.8 Å². The van der Waals surface area contributed by atoms with E-state index < -0.39 is 0 Å². The van der Waals surface area contributed by atoms with Crippen LogP contribution < -0.4 is 0 Å². The molecular weight excluding hydrogens is 383 g/mol. The van der Waals surface area contributed by atoms with Gasteiger partial charge in [-0.1, -0.05) is 102 Å². The predicted molar refractivity (Wildman–Crippen MR) is 122 cm³/mol. The molecule has 0 radical (unpaired) electrons. The van der Waals surface area contributed by atoms with E-state index in [1.165, 1.54) is 32.7 Å². The monoisotopic (exact) mass is 398 g/mol. The van der Waals surface area contributed by atoms with Crippen LogP contribution in [-0.4, -0.2) is 0 Å². The van der Waals surface area contributed by atoms with E-state index in [1.807, 2.05) is 24.3 Å². The summed E-state index contributed by atoms with van der Waals surface area (Å²) in [5, 5.41) is 6.14. The molecule has 0 aliphatic carbocycles. The molecule has 0 aromatic heterocycles. The molecule has 2 heteroatoms. The van der Waals surface area contributed by atoms with Crippen molar-refractivity contribution in [2.75, 3.05) is 0 Å². The molecule has 0 unspecified atom stereocenters. The van der Waals surface area contributed by atoms with Crippen molar-refractivity contribution in [3.8, 4) is 22.3 Å². The van der Waals surface area contributed by atoms with Crippen molar-refractivity contribution in [2.24, 2.45) is 0 Å². The van der Waals surface area contributed by atoms with Gasteiger partial charge in [0.25, 0.3) is 0 Å². The Bertz CT molecular complexity index is 1260. The van der Waals surface area contributed by atoms with E-state index in [1.54, 1.807) is 0 Å². The van der Waals surface area contributed by atoms with Gasteiger partial charge >= 0.3 is 0 Å². The van der Waals surface area contributed by atoms with Gasteiger partial charge in [0, 0.05) is 15.6 Å². The standard InChI is InChI=1S/C26H16Cl2/c27-18-14-15-24(28)23(16-18)26-21-12-6-4-10-19(21)25(17-8-2-1-3-9-17)20-11-5-7-13-22(20)26/h1-16H. The van der Waals surface area contributed by atoms with Crippen molar-refractivity contribution in [3.05, 3.63) is 107 Å². The maximum Gasteiger partial charge on any atom is 0.0485 e. The van der Waals surface area contributed by atoms with E-state index in [4.69, 9.17) is 23.2 Å². The minimum atomic E-state index is 0.680.